The van der Waals surface area contributed by atoms with E-state index < -0.39 is 0 Å². The molecule has 0 aromatic heterocycles. The summed E-state index contributed by atoms with van der Waals surface area (Å²) < 4.78 is 5.42. The highest BCUT2D eigenvalue weighted by Crippen LogP contribution is 2.18. The van der Waals surface area contributed by atoms with Gasteiger partial charge in [-0.1, -0.05) is 44.4 Å². The molecule has 0 bridgehead atoms. The molecule has 1 atom stereocenters. The summed E-state index contributed by atoms with van der Waals surface area (Å²) in [5, 5.41) is 3.64. The first kappa shape index (κ1) is 15.0. The number of hydrogen-bond donors (Lipinski definition) is 1. The van der Waals surface area contributed by atoms with Gasteiger partial charge in [0.25, 0.3) is 0 Å². The highest BCUT2D eigenvalue weighted by atomic mass is 16.5. The smallest absolute Gasteiger partial charge is 0.338 e. The molecule has 0 spiro atoms. The molecule has 1 N–H and O–H groups in total. The van der Waals surface area contributed by atoms with Crippen LogP contribution in [0, 0.1) is 0 Å². The standard InChI is InChI=1S/C17H25NO2/c1-2-15(18-16-11-7-4-8-12-16)13-20-17(19)14-9-5-3-6-10-14/h3,5-6,9-10,15-16,18H,2,4,7-8,11-13H2,1H3. The van der Waals surface area contributed by atoms with Crippen LogP contribution in [0.2, 0.25) is 0 Å². The van der Waals surface area contributed by atoms with Crippen LogP contribution in [0.15, 0.2) is 30.3 Å². The number of carbonyl (C=O) groups is 1. The lowest BCUT2D eigenvalue weighted by atomic mass is 9.95. The number of rotatable bonds is 6. The van der Waals surface area contributed by atoms with Crippen LogP contribution < -0.4 is 5.32 Å². The van der Waals surface area contributed by atoms with Crippen molar-refractivity contribution in [1.29, 1.82) is 0 Å². The molecule has 1 saturated carbocycles. The summed E-state index contributed by atoms with van der Waals surface area (Å²) in [5.74, 6) is -0.227. The van der Waals surface area contributed by atoms with E-state index >= 15 is 0 Å². The molecule has 1 unspecified atom stereocenters. The molecule has 2 rings (SSSR count). The Kier molecular flexibility index (Phi) is 6.06. The minimum absolute atomic E-state index is 0.227. The van der Waals surface area contributed by atoms with Crippen LogP contribution in [0.5, 0.6) is 0 Å². The fourth-order valence-corrected chi connectivity index (χ4v) is 2.72. The van der Waals surface area contributed by atoms with Crippen LogP contribution in [0.3, 0.4) is 0 Å². The average Bonchev–Trinajstić information content (AvgIpc) is 2.53. The summed E-state index contributed by atoms with van der Waals surface area (Å²) in [4.78, 5) is 11.9. The lowest BCUT2D eigenvalue weighted by molar-refractivity contribution is 0.0453. The molecule has 110 valence electrons. The molecule has 1 fully saturated rings. The van der Waals surface area contributed by atoms with Gasteiger partial charge in [0.2, 0.25) is 0 Å². The molecular formula is C17H25NO2. The molecule has 1 aromatic rings. The van der Waals surface area contributed by atoms with Gasteiger partial charge in [-0.15, -0.1) is 0 Å². The third-order valence-corrected chi connectivity index (χ3v) is 3.99. The second-order valence-corrected chi connectivity index (χ2v) is 5.57. The van der Waals surface area contributed by atoms with E-state index in [9.17, 15) is 4.79 Å². The van der Waals surface area contributed by atoms with Crippen molar-refractivity contribution >= 4 is 5.97 Å². The minimum Gasteiger partial charge on any atom is -0.460 e. The van der Waals surface area contributed by atoms with Gasteiger partial charge >= 0.3 is 5.97 Å². The lowest BCUT2D eigenvalue weighted by Crippen LogP contribution is -2.42. The third-order valence-electron chi connectivity index (χ3n) is 3.99. The molecule has 1 aromatic carbocycles. The summed E-state index contributed by atoms with van der Waals surface area (Å²) in [5.41, 5.74) is 0.625. The first-order valence-corrected chi connectivity index (χ1v) is 7.78. The first-order chi connectivity index (χ1) is 9.79. The van der Waals surface area contributed by atoms with Crippen molar-refractivity contribution in [3.05, 3.63) is 35.9 Å². The Bertz CT molecular complexity index is 399. The number of carbonyl (C=O) groups excluding carboxylic acids is 1. The number of nitrogens with one attached hydrogen (secondary N) is 1. The van der Waals surface area contributed by atoms with E-state index in [0.29, 0.717) is 18.2 Å². The summed E-state index contributed by atoms with van der Waals surface area (Å²) in [6.45, 7) is 2.59. The molecule has 20 heavy (non-hydrogen) atoms. The first-order valence-electron chi connectivity index (χ1n) is 7.78. The van der Waals surface area contributed by atoms with Crippen molar-refractivity contribution in [2.24, 2.45) is 0 Å². The van der Waals surface area contributed by atoms with Crippen LogP contribution in [0.25, 0.3) is 0 Å². The minimum atomic E-state index is -0.227. The average molecular weight is 275 g/mol. The van der Waals surface area contributed by atoms with Gasteiger partial charge in [-0.3, -0.25) is 0 Å². The maximum atomic E-state index is 11.9. The van der Waals surface area contributed by atoms with Crippen LogP contribution in [-0.2, 0) is 4.74 Å². The van der Waals surface area contributed by atoms with E-state index in [1.165, 1.54) is 32.1 Å². The number of ether oxygens (including phenoxy) is 1. The van der Waals surface area contributed by atoms with Crippen molar-refractivity contribution in [1.82, 2.24) is 5.32 Å². The number of benzene rings is 1. The number of esters is 1. The highest BCUT2D eigenvalue weighted by Gasteiger charge is 2.18. The van der Waals surface area contributed by atoms with E-state index in [1.807, 2.05) is 18.2 Å². The molecule has 1 aliphatic rings. The van der Waals surface area contributed by atoms with Crippen molar-refractivity contribution < 1.29 is 9.53 Å². The van der Waals surface area contributed by atoms with Crippen molar-refractivity contribution in [3.63, 3.8) is 0 Å². The van der Waals surface area contributed by atoms with Gasteiger partial charge in [-0.2, -0.15) is 0 Å². The fourth-order valence-electron chi connectivity index (χ4n) is 2.72. The molecular weight excluding hydrogens is 250 g/mol. The second-order valence-electron chi connectivity index (χ2n) is 5.57. The van der Waals surface area contributed by atoms with Crippen LogP contribution in [-0.4, -0.2) is 24.7 Å². The fraction of sp³-hybridized carbons (Fsp3) is 0.588. The van der Waals surface area contributed by atoms with Gasteiger partial charge in [0.05, 0.1) is 5.56 Å². The van der Waals surface area contributed by atoms with Crippen molar-refractivity contribution in [3.8, 4) is 0 Å². The van der Waals surface area contributed by atoms with E-state index in [0.717, 1.165) is 6.42 Å². The quantitative estimate of drug-likeness (QED) is 0.807. The predicted molar refractivity (Wildman–Crippen MR) is 80.8 cm³/mol. The molecule has 0 amide bonds. The Morgan fingerprint density at radius 2 is 1.95 bits per heavy atom. The summed E-state index contributed by atoms with van der Waals surface area (Å²) in [6, 6.07) is 10.1. The van der Waals surface area contributed by atoms with Crippen LogP contribution in [0.1, 0.15) is 55.8 Å². The summed E-state index contributed by atoms with van der Waals surface area (Å²) in [7, 11) is 0. The van der Waals surface area contributed by atoms with Crippen molar-refractivity contribution in [2.45, 2.75) is 57.5 Å². The Labute approximate surface area is 121 Å². The maximum Gasteiger partial charge on any atom is 0.338 e. The molecule has 0 aliphatic heterocycles. The van der Waals surface area contributed by atoms with Crippen LogP contribution in [0.4, 0.5) is 0 Å². The largest absolute Gasteiger partial charge is 0.460 e. The van der Waals surface area contributed by atoms with Crippen molar-refractivity contribution in [2.75, 3.05) is 6.61 Å². The highest BCUT2D eigenvalue weighted by molar-refractivity contribution is 5.89. The van der Waals surface area contributed by atoms with Gasteiger partial charge in [0.15, 0.2) is 0 Å². The second kappa shape index (κ2) is 8.05. The maximum absolute atomic E-state index is 11.9. The van der Waals surface area contributed by atoms with Crippen LogP contribution >= 0.6 is 0 Å². The molecule has 3 nitrogen and oxygen atoms in total. The molecule has 0 radical (unpaired) electrons. The Morgan fingerprint density at radius 3 is 2.60 bits per heavy atom. The Morgan fingerprint density at radius 1 is 1.25 bits per heavy atom. The molecule has 3 heteroatoms. The van der Waals surface area contributed by atoms with Gasteiger partial charge in [0, 0.05) is 12.1 Å². The van der Waals surface area contributed by atoms with Gasteiger partial charge in [-0.05, 0) is 31.4 Å². The zero-order valence-electron chi connectivity index (χ0n) is 12.3. The third kappa shape index (κ3) is 4.64. The monoisotopic (exact) mass is 275 g/mol. The van der Waals surface area contributed by atoms with E-state index in [4.69, 9.17) is 4.74 Å². The lowest BCUT2D eigenvalue weighted by Gasteiger charge is -2.27. The zero-order chi connectivity index (χ0) is 14.2. The van der Waals surface area contributed by atoms with E-state index in [-0.39, 0.29) is 12.0 Å². The number of hydrogen-bond acceptors (Lipinski definition) is 3. The Balaban J connectivity index is 1.77. The van der Waals surface area contributed by atoms with E-state index in [2.05, 4.69) is 12.2 Å². The van der Waals surface area contributed by atoms with Gasteiger partial charge in [-0.25, -0.2) is 4.79 Å². The summed E-state index contributed by atoms with van der Waals surface area (Å²) in [6.07, 6.45) is 7.48. The predicted octanol–water partition coefficient (Wildman–Crippen LogP) is 3.54. The summed E-state index contributed by atoms with van der Waals surface area (Å²) >= 11 is 0. The normalized spacial score (nSPS) is 17.6. The molecule has 1 aliphatic carbocycles. The SMILES string of the molecule is CCC(COC(=O)c1ccccc1)NC1CCCCC1. The van der Waals surface area contributed by atoms with Gasteiger partial charge in [0.1, 0.15) is 6.61 Å². The molecule has 0 saturated heterocycles. The van der Waals surface area contributed by atoms with Gasteiger partial charge < -0.3 is 10.1 Å². The zero-order valence-corrected chi connectivity index (χ0v) is 12.3. The van der Waals surface area contributed by atoms with E-state index in [1.54, 1.807) is 12.1 Å². The topological polar surface area (TPSA) is 38.3 Å². The molecule has 0 heterocycles. The Hall–Kier alpha value is -1.35.